The number of hydrogen-bond acceptors (Lipinski definition) is 3. The van der Waals surface area contributed by atoms with Gasteiger partial charge >= 0.3 is 6.03 Å². The molecule has 0 fully saturated rings. The van der Waals surface area contributed by atoms with Crippen molar-refractivity contribution < 1.29 is 9.90 Å². The average molecular weight is 330 g/mol. The lowest BCUT2D eigenvalue weighted by molar-refractivity contribution is 0.243. The summed E-state index contributed by atoms with van der Waals surface area (Å²) in [6.07, 6.45) is 4.75. The van der Waals surface area contributed by atoms with Crippen LogP contribution in [0.5, 0.6) is 0 Å². The predicted octanol–water partition coefficient (Wildman–Crippen LogP) is 3.27. The molecule has 1 aromatic heterocycles. The summed E-state index contributed by atoms with van der Waals surface area (Å²) in [5.74, 6) is 0. The maximum atomic E-state index is 12.3. The Morgan fingerprint density at radius 1 is 1.29 bits per heavy atom. The Morgan fingerprint density at radius 2 is 2.00 bits per heavy atom. The molecule has 6 nitrogen and oxygen atoms in total. The van der Waals surface area contributed by atoms with E-state index in [1.165, 1.54) is 0 Å². The highest BCUT2D eigenvalue weighted by molar-refractivity contribution is 5.89. The van der Waals surface area contributed by atoms with E-state index in [9.17, 15) is 4.79 Å². The summed E-state index contributed by atoms with van der Waals surface area (Å²) in [5, 5.41) is 19.1. The second-order valence-corrected chi connectivity index (χ2v) is 6.77. The summed E-state index contributed by atoms with van der Waals surface area (Å²) < 4.78 is 1.81. The van der Waals surface area contributed by atoms with Gasteiger partial charge in [-0.1, -0.05) is 30.3 Å². The number of aliphatic hydroxyl groups excluding tert-OH is 1. The van der Waals surface area contributed by atoms with Crippen LogP contribution >= 0.6 is 0 Å². The lowest BCUT2D eigenvalue weighted by Crippen LogP contribution is -2.32. The Balaban J connectivity index is 2.01. The molecule has 0 saturated carbocycles. The lowest BCUT2D eigenvalue weighted by Gasteiger charge is -2.19. The molecule has 24 heavy (non-hydrogen) atoms. The van der Waals surface area contributed by atoms with Crippen LogP contribution in [0.1, 0.15) is 45.2 Å². The van der Waals surface area contributed by atoms with Gasteiger partial charge in [0.05, 0.1) is 23.5 Å². The van der Waals surface area contributed by atoms with Gasteiger partial charge in [0, 0.05) is 12.8 Å². The number of amides is 2. The van der Waals surface area contributed by atoms with Crippen LogP contribution in [-0.2, 0) is 5.54 Å². The van der Waals surface area contributed by atoms with E-state index in [-0.39, 0.29) is 24.2 Å². The molecule has 0 saturated heterocycles. The maximum Gasteiger partial charge on any atom is 0.319 e. The van der Waals surface area contributed by atoms with E-state index in [0.29, 0.717) is 18.5 Å². The van der Waals surface area contributed by atoms with Crippen LogP contribution in [0.2, 0.25) is 0 Å². The predicted molar refractivity (Wildman–Crippen MR) is 94.9 cm³/mol. The number of carbonyl (C=O) groups excluding carboxylic acids is 1. The minimum absolute atomic E-state index is 0.102. The molecule has 1 aromatic carbocycles. The van der Waals surface area contributed by atoms with Gasteiger partial charge in [0.2, 0.25) is 0 Å². The first-order chi connectivity index (χ1) is 11.4. The summed E-state index contributed by atoms with van der Waals surface area (Å²) in [6.45, 7) is 6.24. The molecule has 0 bridgehead atoms. The summed E-state index contributed by atoms with van der Waals surface area (Å²) in [6, 6.07) is 9.34. The molecular formula is C18H26N4O2. The van der Waals surface area contributed by atoms with Crippen LogP contribution in [0.25, 0.3) is 0 Å². The van der Waals surface area contributed by atoms with Crippen molar-refractivity contribution in [2.45, 2.75) is 45.2 Å². The van der Waals surface area contributed by atoms with Crippen LogP contribution in [-0.4, -0.2) is 27.5 Å². The number of benzene rings is 1. The number of urea groups is 1. The molecular weight excluding hydrogens is 304 g/mol. The first kappa shape index (κ1) is 18.0. The standard InChI is InChI=1S/C18H26N4O2/c1-18(2,3)22-13-15(12-19-22)20-17(24)21-16(10-7-11-23)14-8-5-4-6-9-14/h4-6,8-9,12-13,16,23H,7,10-11H2,1-3H3,(H2,20,21,24). The Morgan fingerprint density at radius 3 is 2.58 bits per heavy atom. The van der Waals surface area contributed by atoms with Crippen molar-refractivity contribution in [3.63, 3.8) is 0 Å². The molecule has 130 valence electrons. The van der Waals surface area contributed by atoms with Gasteiger partial charge in [-0.25, -0.2) is 4.79 Å². The monoisotopic (exact) mass is 330 g/mol. The number of hydrogen-bond donors (Lipinski definition) is 3. The van der Waals surface area contributed by atoms with Gasteiger partial charge in [-0.2, -0.15) is 5.10 Å². The van der Waals surface area contributed by atoms with Crippen molar-refractivity contribution >= 4 is 11.7 Å². The highest BCUT2D eigenvalue weighted by atomic mass is 16.3. The van der Waals surface area contributed by atoms with Crippen LogP contribution in [0.4, 0.5) is 10.5 Å². The highest BCUT2D eigenvalue weighted by Crippen LogP contribution is 2.19. The van der Waals surface area contributed by atoms with Gasteiger partial charge in [-0.05, 0) is 39.2 Å². The first-order valence-corrected chi connectivity index (χ1v) is 8.18. The quantitative estimate of drug-likeness (QED) is 0.760. The second-order valence-electron chi connectivity index (χ2n) is 6.77. The number of anilines is 1. The minimum atomic E-state index is -0.282. The second kappa shape index (κ2) is 7.97. The molecule has 2 amide bonds. The topological polar surface area (TPSA) is 79.2 Å². The summed E-state index contributed by atoms with van der Waals surface area (Å²) in [4.78, 5) is 12.3. The molecule has 0 radical (unpaired) electrons. The first-order valence-electron chi connectivity index (χ1n) is 8.18. The van der Waals surface area contributed by atoms with Crippen LogP contribution in [0, 0.1) is 0 Å². The smallest absolute Gasteiger partial charge is 0.319 e. The Bertz CT molecular complexity index is 647. The zero-order chi connectivity index (χ0) is 17.6. The maximum absolute atomic E-state index is 12.3. The fourth-order valence-electron chi connectivity index (χ4n) is 2.38. The van der Waals surface area contributed by atoms with E-state index < -0.39 is 0 Å². The summed E-state index contributed by atoms with van der Waals surface area (Å²) in [7, 11) is 0. The van der Waals surface area contributed by atoms with E-state index >= 15 is 0 Å². The molecule has 1 unspecified atom stereocenters. The normalized spacial score (nSPS) is 12.7. The third-order valence-corrected chi connectivity index (χ3v) is 3.69. The number of carbonyl (C=O) groups is 1. The Hall–Kier alpha value is -2.34. The molecule has 6 heteroatoms. The van der Waals surface area contributed by atoms with Crippen LogP contribution < -0.4 is 10.6 Å². The number of nitrogens with one attached hydrogen (secondary N) is 2. The van der Waals surface area contributed by atoms with Gasteiger partial charge < -0.3 is 15.7 Å². The summed E-state index contributed by atoms with van der Waals surface area (Å²) >= 11 is 0. The Labute approximate surface area is 142 Å². The minimum Gasteiger partial charge on any atom is -0.396 e. The van der Waals surface area contributed by atoms with Crippen molar-refractivity contribution in [2.24, 2.45) is 0 Å². The van der Waals surface area contributed by atoms with E-state index in [0.717, 1.165) is 5.56 Å². The third-order valence-electron chi connectivity index (χ3n) is 3.69. The van der Waals surface area contributed by atoms with E-state index in [4.69, 9.17) is 5.11 Å². The van der Waals surface area contributed by atoms with Crippen molar-refractivity contribution in [1.82, 2.24) is 15.1 Å². The largest absolute Gasteiger partial charge is 0.396 e. The van der Waals surface area contributed by atoms with E-state index in [1.807, 2.05) is 62.0 Å². The van der Waals surface area contributed by atoms with E-state index in [2.05, 4.69) is 15.7 Å². The molecule has 0 spiro atoms. The zero-order valence-corrected chi connectivity index (χ0v) is 14.5. The number of rotatable bonds is 6. The lowest BCUT2D eigenvalue weighted by atomic mass is 10.0. The highest BCUT2D eigenvalue weighted by Gasteiger charge is 2.17. The SMILES string of the molecule is CC(C)(C)n1cc(NC(=O)NC(CCCO)c2ccccc2)cn1. The van der Waals surface area contributed by atoms with Gasteiger partial charge in [0.25, 0.3) is 0 Å². The molecule has 1 atom stereocenters. The third kappa shape index (κ3) is 5.09. The number of aromatic nitrogens is 2. The average Bonchev–Trinajstić information content (AvgIpc) is 3.01. The Kier molecular flexibility index (Phi) is 5.98. The fourth-order valence-corrected chi connectivity index (χ4v) is 2.38. The molecule has 0 aliphatic carbocycles. The number of nitrogens with zero attached hydrogens (tertiary/aromatic N) is 2. The molecule has 0 aliphatic heterocycles. The van der Waals surface area contributed by atoms with Gasteiger partial charge in [-0.15, -0.1) is 0 Å². The van der Waals surface area contributed by atoms with Crippen LogP contribution in [0.15, 0.2) is 42.7 Å². The van der Waals surface area contributed by atoms with Crippen molar-refractivity contribution in [2.75, 3.05) is 11.9 Å². The summed E-state index contributed by atoms with van der Waals surface area (Å²) in [5.41, 5.74) is 1.53. The van der Waals surface area contributed by atoms with Crippen LogP contribution in [0.3, 0.4) is 0 Å². The number of aliphatic hydroxyl groups is 1. The van der Waals surface area contributed by atoms with Gasteiger partial charge in [0.1, 0.15) is 0 Å². The van der Waals surface area contributed by atoms with Gasteiger partial charge in [-0.3, -0.25) is 4.68 Å². The molecule has 3 N–H and O–H groups in total. The van der Waals surface area contributed by atoms with Gasteiger partial charge in [0.15, 0.2) is 0 Å². The molecule has 2 aromatic rings. The zero-order valence-electron chi connectivity index (χ0n) is 14.5. The van der Waals surface area contributed by atoms with Crippen molar-refractivity contribution in [3.05, 3.63) is 48.3 Å². The van der Waals surface area contributed by atoms with Crippen molar-refractivity contribution in [1.29, 1.82) is 0 Å². The molecule has 0 aliphatic rings. The molecule has 2 rings (SSSR count). The van der Waals surface area contributed by atoms with Crippen molar-refractivity contribution in [3.8, 4) is 0 Å². The van der Waals surface area contributed by atoms with E-state index in [1.54, 1.807) is 6.20 Å². The molecule has 1 heterocycles. The fraction of sp³-hybridized carbons (Fsp3) is 0.444.